The Morgan fingerprint density at radius 2 is 2.05 bits per heavy atom. The lowest BCUT2D eigenvalue weighted by Gasteiger charge is -2.31. The lowest BCUT2D eigenvalue weighted by atomic mass is 9.95. The highest BCUT2D eigenvalue weighted by Gasteiger charge is 2.24. The van der Waals surface area contributed by atoms with E-state index in [-0.39, 0.29) is 0 Å². The molecular weight excluding hydrogens is 256 g/mol. The van der Waals surface area contributed by atoms with E-state index in [1.807, 2.05) is 0 Å². The normalized spacial score (nSPS) is 22.0. The smallest absolute Gasteiger partial charge is 0.0473 e. The van der Waals surface area contributed by atoms with Crippen LogP contribution in [0.1, 0.15) is 61.8 Å². The van der Waals surface area contributed by atoms with Crippen molar-refractivity contribution in [3.05, 3.63) is 34.9 Å². The maximum atomic E-state index is 6.16. The Labute approximate surface area is 130 Å². The lowest BCUT2D eigenvalue weighted by molar-refractivity contribution is 0.206. The molecular formula is C19H32N2. The van der Waals surface area contributed by atoms with E-state index in [4.69, 9.17) is 5.73 Å². The second-order valence-electron chi connectivity index (χ2n) is 6.73. The molecule has 1 aromatic carbocycles. The van der Waals surface area contributed by atoms with E-state index in [0.29, 0.717) is 6.04 Å². The molecule has 1 aliphatic heterocycles. The molecule has 2 heteroatoms. The Morgan fingerprint density at radius 1 is 1.24 bits per heavy atom. The summed E-state index contributed by atoms with van der Waals surface area (Å²) in [7, 11) is 0. The first-order chi connectivity index (χ1) is 10.2. The monoisotopic (exact) mass is 288 g/mol. The topological polar surface area (TPSA) is 29.3 Å². The predicted molar refractivity (Wildman–Crippen MR) is 91.5 cm³/mol. The Bertz CT molecular complexity index is 441. The first-order valence-electron chi connectivity index (χ1n) is 8.67. The largest absolute Gasteiger partial charge is 0.329 e. The molecule has 1 aliphatic rings. The highest BCUT2D eigenvalue weighted by molar-refractivity contribution is 5.33. The van der Waals surface area contributed by atoms with Crippen molar-refractivity contribution in [3.8, 4) is 0 Å². The molecule has 2 nitrogen and oxygen atoms in total. The Hall–Kier alpha value is -0.860. The van der Waals surface area contributed by atoms with Gasteiger partial charge >= 0.3 is 0 Å². The molecule has 2 rings (SSSR count). The molecule has 2 unspecified atom stereocenters. The van der Waals surface area contributed by atoms with Crippen molar-refractivity contribution in [1.29, 1.82) is 0 Å². The third kappa shape index (κ3) is 4.31. The van der Waals surface area contributed by atoms with Gasteiger partial charge < -0.3 is 5.73 Å². The molecule has 1 fully saturated rings. The van der Waals surface area contributed by atoms with Gasteiger partial charge in [0.1, 0.15) is 0 Å². The predicted octanol–water partition coefficient (Wildman–Crippen LogP) is 4.21. The molecule has 0 amide bonds. The van der Waals surface area contributed by atoms with Gasteiger partial charge in [-0.15, -0.1) is 0 Å². The van der Waals surface area contributed by atoms with Crippen LogP contribution in [0.5, 0.6) is 0 Å². The number of hydrogen-bond acceptors (Lipinski definition) is 2. The van der Waals surface area contributed by atoms with Gasteiger partial charge in [0.2, 0.25) is 0 Å². The standard InChI is InChI=1S/C19H32N2/c1-4-6-17-7-5-11-21(12-10-17)19(14-20)18-13-15(2)8-9-16(18)3/h8-9,13,17,19H,4-7,10-12,14,20H2,1-3H3. The van der Waals surface area contributed by atoms with Crippen LogP contribution in [0.25, 0.3) is 0 Å². The van der Waals surface area contributed by atoms with Crippen LogP contribution < -0.4 is 5.73 Å². The number of likely N-dealkylation sites (tertiary alicyclic amines) is 1. The molecule has 0 radical (unpaired) electrons. The molecule has 1 aromatic rings. The van der Waals surface area contributed by atoms with Crippen LogP contribution in [0.2, 0.25) is 0 Å². The van der Waals surface area contributed by atoms with E-state index >= 15 is 0 Å². The van der Waals surface area contributed by atoms with Gasteiger partial charge in [0.05, 0.1) is 0 Å². The number of benzene rings is 1. The van der Waals surface area contributed by atoms with Crippen LogP contribution in [-0.2, 0) is 0 Å². The minimum absolute atomic E-state index is 0.394. The average Bonchev–Trinajstić information content (AvgIpc) is 2.70. The summed E-state index contributed by atoms with van der Waals surface area (Å²) in [6.07, 6.45) is 6.78. The zero-order valence-corrected chi connectivity index (χ0v) is 14.1. The van der Waals surface area contributed by atoms with Crippen molar-refractivity contribution in [1.82, 2.24) is 4.90 Å². The zero-order chi connectivity index (χ0) is 15.2. The van der Waals surface area contributed by atoms with Crippen molar-refractivity contribution < 1.29 is 0 Å². The summed E-state index contributed by atoms with van der Waals surface area (Å²) >= 11 is 0. The number of nitrogens with zero attached hydrogens (tertiary/aromatic N) is 1. The van der Waals surface area contributed by atoms with Gasteiger partial charge in [-0.2, -0.15) is 0 Å². The van der Waals surface area contributed by atoms with E-state index in [0.717, 1.165) is 12.5 Å². The molecule has 2 N–H and O–H groups in total. The van der Waals surface area contributed by atoms with Crippen molar-refractivity contribution >= 4 is 0 Å². The van der Waals surface area contributed by atoms with E-state index in [9.17, 15) is 0 Å². The summed E-state index contributed by atoms with van der Waals surface area (Å²) < 4.78 is 0. The fourth-order valence-electron chi connectivity index (χ4n) is 3.79. The van der Waals surface area contributed by atoms with Crippen molar-refractivity contribution in [2.75, 3.05) is 19.6 Å². The van der Waals surface area contributed by atoms with Gasteiger partial charge in [-0.25, -0.2) is 0 Å². The van der Waals surface area contributed by atoms with Crippen molar-refractivity contribution in [3.63, 3.8) is 0 Å². The summed E-state index contributed by atoms with van der Waals surface area (Å²) in [4.78, 5) is 2.64. The number of aryl methyl sites for hydroxylation is 2. The number of hydrogen-bond donors (Lipinski definition) is 1. The Morgan fingerprint density at radius 3 is 2.76 bits per heavy atom. The quantitative estimate of drug-likeness (QED) is 0.879. The Balaban J connectivity index is 2.12. The highest BCUT2D eigenvalue weighted by Crippen LogP contribution is 2.29. The van der Waals surface area contributed by atoms with Crippen LogP contribution in [0.3, 0.4) is 0 Å². The van der Waals surface area contributed by atoms with Crippen molar-refractivity contribution in [2.45, 2.75) is 58.9 Å². The molecule has 1 heterocycles. The molecule has 0 bridgehead atoms. The van der Waals surface area contributed by atoms with Crippen LogP contribution in [-0.4, -0.2) is 24.5 Å². The van der Waals surface area contributed by atoms with E-state index in [2.05, 4.69) is 43.9 Å². The fourth-order valence-corrected chi connectivity index (χ4v) is 3.79. The molecule has 1 saturated heterocycles. The van der Waals surface area contributed by atoms with E-state index in [1.165, 1.54) is 61.9 Å². The maximum Gasteiger partial charge on any atom is 0.0473 e. The molecule has 0 aromatic heterocycles. The minimum Gasteiger partial charge on any atom is -0.329 e. The fraction of sp³-hybridized carbons (Fsp3) is 0.684. The average molecular weight is 288 g/mol. The lowest BCUT2D eigenvalue weighted by Crippen LogP contribution is -2.35. The summed E-state index contributed by atoms with van der Waals surface area (Å²) in [6.45, 7) is 9.84. The second-order valence-corrected chi connectivity index (χ2v) is 6.73. The van der Waals surface area contributed by atoms with Crippen LogP contribution in [0.15, 0.2) is 18.2 Å². The summed E-state index contributed by atoms with van der Waals surface area (Å²) in [6, 6.07) is 7.17. The Kier molecular flexibility index (Phi) is 6.25. The summed E-state index contributed by atoms with van der Waals surface area (Å²) in [5.41, 5.74) is 10.3. The summed E-state index contributed by atoms with van der Waals surface area (Å²) in [5.74, 6) is 0.928. The highest BCUT2D eigenvalue weighted by atomic mass is 15.2. The van der Waals surface area contributed by atoms with Gasteiger partial charge in [0.15, 0.2) is 0 Å². The van der Waals surface area contributed by atoms with Gasteiger partial charge in [0.25, 0.3) is 0 Å². The van der Waals surface area contributed by atoms with Crippen LogP contribution in [0.4, 0.5) is 0 Å². The van der Waals surface area contributed by atoms with Crippen molar-refractivity contribution in [2.24, 2.45) is 11.7 Å². The SMILES string of the molecule is CCCC1CCCN(C(CN)c2cc(C)ccc2C)CC1. The number of nitrogens with two attached hydrogens (primary N) is 1. The molecule has 2 atom stereocenters. The summed E-state index contributed by atoms with van der Waals surface area (Å²) in [5, 5.41) is 0. The number of rotatable bonds is 5. The van der Waals surface area contributed by atoms with Crippen LogP contribution >= 0.6 is 0 Å². The first kappa shape index (κ1) is 16.5. The van der Waals surface area contributed by atoms with E-state index in [1.54, 1.807) is 0 Å². The minimum atomic E-state index is 0.394. The van der Waals surface area contributed by atoms with Gasteiger partial charge in [-0.1, -0.05) is 43.5 Å². The van der Waals surface area contributed by atoms with Crippen LogP contribution in [0, 0.1) is 19.8 Å². The molecule has 0 spiro atoms. The first-order valence-corrected chi connectivity index (χ1v) is 8.67. The van der Waals surface area contributed by atoms with E-state index < -0.39 is 0 Å². The molecule has 0 saturated carbocycles. The third-order valence-corrected chi connectivity index (χ3v) is 5.04. The maximum absolute atomic E-state index is 6.16. The van der Waals surface area contributed by atoms with Gasteiger partial charge in [-0.05, 0) is 63.2 Å². The van der Waals surface area contributed by atoms with Gasteiger partial charge in [-0.3, -0.25) is 4.90 Å². The molecule has 21 heavy (non-hydrogen) atoms. The second kappa shape index (κ2) is 7.95. The van der Waals surface area contributed by atoms with Gasteiger partial charge in [0, 0.05) is 12.6 Å². The molecule has 0 aliphatic carbocycles. The molecule has 118 valence electrons. The third-order valence-electron chi connectivity index (χ3n) is 5.04. The zero-order valence-electron chi connectivity index (χ0n) is 14.1.